The van der Waals surface area contributed by atoms with Gasteiger partial charge in [0.05, 0.1) is 18.7 Å². The Morgan fingerprint density at radius 3 is 2.76 bits per heavy atom. The molecule has 0 aliphatic carbocycles. The lowest BCUT2D eigenvalue weighted by molar-refractivity contribution is 0.0953. The Hall–Kier alpha value is -3.45. The van der Waals surface area contributed by atoms with Gasteiger partial charge in [0, 0.05) is 23.9 Å². The molecule has 2 heterocycles. The summed E-state index contributed by atoms with van der Waals surface area (Å²) in [7, 11) is 1.57. The minimum Gasteiger partial charge on any atom is -0.481 e. The molecule has 146 valence electrons. The van der Waals surface area contributed by atoms with Gasteiger partial charge in [0.2, 0.25) is 5.88 Å². The SMILES string of the molecule is COc1ncc(Cl)cc1-c1ccc(C(=O)NCCn2cncn2)c2ccccc12. The van der Waals surface area contributed by atoms with E-state index in [9.17, 15) is 4.79 Å². The summed E-state index contributed by atoms with van der Waals surface area (Å²) in [5, 5.41) is 9.23. The van der Waals surface area contributed by atoms with Gasteiger partial charge in [0.25, 0.3) is 5.91 Å². The number of carbonyl (C=O) groups is 1. The summed E-state index contributed by atoms with van der Waals surface area (Å²) >= 11 is 6.16. The van der Waals surface area contributed by atoms with E-state index in [0.29, 0.717) is 29.6 Å². The highest BCUT2D eigenvalue weighted by Crippen LogP contribution is 2.36. The minimum atomic E-state index is -0.149. The highest BCUT2D eigenvalue weighted by Gasteiger charge is 2.16. The molecule has 0 radical (unpaired) electrons. The number of carbonyl (C=O) groups excluding carboxylic acids is 1. The Kier molecular flexibility index (Phi) is 5.39. The van der Waals surface area contributed by atoms with Crippen molar-refractivity contribution in [2.24, 2.45) is 0 Å². The number of fused-ring (bicyclic) bond motifs is 1. The molecular formula is C21H18ClN5O2. The van der Waals surface area contributed by atoms with Crippen molar-refractivity contribution in [3.63, 3.8) is 0 Å². The second-order valence-electron chi connectivity index (χ2n) is 6.33. The van der Waals surface area contributed by atoms with Crippen LogP contribution in [0.5, 0.6) is 5.88 Å². The van der Waals surface area contributed by atoms with Crippen LogP contribution in [-0.2, 0) is 6.54 Å². The van der Waals surface area contributed by atoms with Crippen molar-refractivity contribution in [1.29, 1.82) is 0 Å². The molecule has 0 saturated carbocycles. The summed E-state index contributed by atoms with van der Waals surface area (Å²) in [6.07, 6.45) is 4.62. The zero-order valence-corrected chi connectivity index (χ0v) is 16.4. The maximum Gasteiger partial charge on any atom is 0.251 e. The van der Waals surface area contributed by atoms with Crippen LogP contribution < -0.4 is 10.1 Å². The average molecular weight is 408 g/mol. The molecule has 0 fully saturated rings. The monoisotopic (exact) mass is 407 g/mol. The Balaban J connectivity index is 1.69. The summed E-state index contributed by atoms with van der Waals surface area (Å²) in [6, 6.07) is 13.3. The summed E-state index contributed by atoms with van der Waals surface area (Å²) in [6.45, 7) is 0.997. The molecular weight excluding hydrogens is 390 g/mol. The Morgan fingerprint density at radius 2 is 2.00 bits per heavy atom. The first-order chi connectivity index (χ1) is 14.2. The third-order valence-corrected chi connectivity index (χ3v) is 4.77. The third-order valence-electron chi connectivity index (χ3n) is 4.56. The Morgan fingerprint density at radius 1 is 1.17 bits per heavy atom. The van der Waals surface area contributed by atoms with Crippen molar-refractivity contribution in [1.82, 2.24) is 25.1 Å². The number of methoxy groups -OCH3 is 1. The normalized spacial score (nSPS) is 10.8. The second-order valence-corrected chi connectivity index (χ2v) is 6.77. The van der Waals surface area contributed by atoms with Crippen molar-refractivity contribution >= 4 is 28.3 Å². The number of nitrogens with one attached hydrogen (secondary N) is 1. The van der Waals surface area contributed by atoms with Gasteiger partial charge in [-0.2, -0.15) is 5.10 Å². The number of benzene rings is 2. The smallest absolute Gasteiger partial charge is 0.251 e. The van der Waals surface area contributed by atoms with Gasteiger partial charge < -0.3 is 10.1 Å². The van der Waals surface area contributed by atoms with Crippen LogP contribution in [0.15, 0.2) is 61.3 Å². The molecule has 1 N–H and O–H groups in total. The molecule has 2 aromatic carbocycles. The van der Waals surface area contributed by atoms with Gasteiger partial charge >= 0.3 is 0 Å². The van der Waals surface area contributed by atoms with Crippen molar-refractivity contribution in [3.8, 4) is 17.0 Å². The summed E-state index contributed by atoms with van der Waals surface area (Å²) in [4.78, 5) is 20.9. The third kappa shape index (κ3) is 3.90. The molecule has 0 aliphatic rings. The molecule has 0 spiro atoms. The number of hydrogen-bond donors (Lipinski definition) is 1. The van der Waals surface area contributed by atoms with E-state index in [1.165, 1.54) is 6.33 Å². The predicted octanol–water partition coefficient (Wildman–Crippen LogP) is 3.59. The number of hydrogen-bond acceptors (Lipinski definition) is 5. The fraction of sp³-hybridized carbons (Fsp3) is 0.143. The van der Waals surface area contributed by atoms with E-state index < -0.39 is 0 Å². The number of nitrogens with zero attached hydrogens (tertiary/aromatic N) is 4. The van der Waals surface area contributed by atoms with E-state index in [0.717, 1.165) is 21.9 Å². The Bertz CT molecular complexity index is 1160. The van der Waals surface area contributed by atoms with Crippen molar-refractivity contribution in [2.45, 2.75) is 6.54 Å². The van der Waals surface area contributed by atoms with Crippen molar-refractivity contribution < 1.29 is 9.53 Å². The van der Waals surface area contributed by atoms with Crippen LogP contribution >= 0.6 is 11.6 Å². The molecule has 0 aliphatic heterocycles. The number of aromatic nitrogens is 4. The predicted molar refractivity (Wildman–Crippen MR) is 111 cm³/mol. The fourth-order valence-corrected chi connectivity index (χ4v) is 3.40. The number of halogens is 1. The van der Waals surface area contributed by atoms with Crippen LogP contribution in [0.1, 0.15) is 10.4 Å². The lowest BCUT2D eigenvalue weighted by atomic mass is 9.95. The molecule has 2 aromatic heterocycles. The number of rotatable bonds is 6. The van der Waals surface area contributed by atoms with Crippen molar-refractivity contribution in [2.75, 3.05) is 13.7 Å². The summed E-state index contributed by atoms with van der Waals surface area (Å²) in [5.74, 6) is 0.327. The van der Waals surface area contributed by atoms with Crippen LogP contribution in [0.4, 0.5) is 0 Å². The lowest BCUT2D eigenvalue weighted by Crippen LogP contribution is -2.27. The van der Waals surface area contributed by atoms with Gasteiger partial charge in [-0.1, -0.05) is 41.9 Å². The van der Waals surface area contributed by atoms with Crippen molar-refractivity contribution in [3.05, 3.63) is 71.9 Å². The molecule has 1 amide bonds. The van der Waals surface area contributed by atoms with Gasteiger partial charge in [-0.3, -0.25) is 9.48 Å². The first-order valence-corrected chi connectivity index (χ1v) is 9.37. The van der Waals surface area contributed by atoms with E-state index in [-0.39, 0.29) is 5.91 Å². The maximum atomic E-state index is 12.8. The zero-order chi connectivity index (χ0) is 20.2. The Labute approximate surface area is 172 Å². The number of ether oxygens (including phenoxy) is 1. The van der Waals surface area contributed by atoms with Gasteiger partial charge in [-0.25, -0.2) is 9.97 Å². The standard InChI is InChI=1S/C21H18ClN5O2/c1-29-21-19(10-14(22)11-25-21)17-6-7-18(16-5-3-2-4-15(16)17)20(28)24-8-9-27-13-23-12-26-27/h2-7,10-13H,8-9H2,1H3,(H,24,28). The first-order valence-electron chi connectivity index (χ1n) is 8.99. The molecule has 29 heavy (non-hydrogen) atoms. The van der Waals surface area contributed by atoms with E-state index in [4.69, 9.17) is 16.3 Å². The summed E-state index contributed by atoms with van der Waals surface area (Å²) < 4.78 is 7.07. The molecule has 0 bridgehead atoms. The largest absolute Gasteiger partial charge is 0.481 e. The van der Waals surface area contributed by atoms with Crippen LogP contribution in [0.2, 0.25) is 5.02 Å². The van der Waals surface area contributed by atoms with Gasteiger partial charge in [0.1, 0.15) is 12.7 Å². The number of pyridine rings is 1. The summed E-state index contributed by atoms with van der Waals surface area (Å²) in [5.41, 5.74) is 2.26. The molecule has 0 unspecified atom stereocenters. The lowest BCUT2D eigenvalue weighted by Gasteiger charge is -2.14. The number of amides is 1. The van der Waals surface area contributed by atoms with Gasteiger partial charge in [-0.15, -0.1) is 0 Å². The van der Waals surface area contributed by atoms with Crippen LogP contribution in [0.3, 0.4) is 0 Å². The quantitative estimate of drug-likeness (QED) is 0.528. The molecule has 7 nitrogen and oxygen atoms in total. The van der Waals surface area contributed by atoms with E-state index in [1.807, 2.05) is 42.5 Å². The van der Waals surface area contributed by atoms with Crippen LogP contribution in [0.25, 0.3) is 21.9 Å². The minimum absolute atomic E-state index is 0.149. The van der Waals surface area contributed by atoms with Crippen LogP contribution in [0, 0.1) is 0 Å². The highest BCUT2D eigenvalue weighted by atomic mass is 35.5. The molecule has 8 heteroatoms. The molecule has 0 saturated heterocycles. The van der Waals surface area contributed by atoms with E-state index >= 15 is 0 Å². The van der Waals surface area contributed by atoms with E-state index in [2.05, 4.69) is 20.4 Å². The van der Waals surface area contributed by atoms with Gasteiger partial charge in [0.15, 0.2) is 0 Å². The second kappa shape index (κ2) is 8.28. The zero-order valence-electron chi connectivity index (χ0n) is 15.7. The highest BCUT2D eigenvalue weighted by molar-refractivity contribution is 6.30. The molecule has 4 aromatic rings. The molecule has 4 rings (SSSR count). The fourth-order valence-electron chi connectivity index (χ4n) is 3.24. The topological polar surface area (TPSA) is 81.9 Å². The average Bonchev–Trinajstić information content (AvgIpc) is 3.26. The molecule has 0 atom stereocenters. The van der Waals surface area contributed by atoms with E-state index in [1.54, 1.807) is 24.3 Å². The van der Waals surface area contributed by atoms with Crippen LogP contribution in [-0.4, -0.2) is 39.3 Å². The van der Waals surface area contributed by atoms with Gasteiger partial charge in [-0.05, 0) is 28.5 Å². The first kappa shape index (κ1) is 18.9. The maximum absolute atomic E-state index is 12.8.